The van der Waals surface area contributed by atoms with Crippen LogP contribution in [0.4, 0.5) is 23.0 Å². The minimum Gasteiger partial charge on any atom is -0.367 e. The van der Waals surface area contributed by atoms with Gasteiger partial charge in [0.2, 0.25) is 11.6 Å². The van der Waals surface area contributed by atoms with E-state index >= 15 is 0 Å². The fourth-order valence-electron chi connectivity index (χ4n) is 2.61. The van der Waals surface area contributed by atoms with E-state index in [1.807, 2.05) is 12.1 Å². The first kappa shape index (κ1) is 13.3. The van der Waals surface area contributed by atoms with Crippen molar-refractivity contribution < 1.29 is 4.92 Å². The normalized spacial score (nSPS) is 12.8. The van der Waals surface area contributed by atoms with Crippen LogP contribution in [0.3, 0.4) is 0 Å². The second kappa shape index (κ2) is 5.35. The van der Waals surface area contributed by atoms with Crippen molar-refractivity contribution in [3.63, 3.8) is 0 Å². The molecule has 0 amide bonds. The molecule has 0 saturated heterocycles. The van der Waals surface area contributed by atoms with Gasteiger partial charge in [0, 0.05) is 12.7 Å². The molecule has 7 nitrogen and oxygen atoms in total. The van der Waals surface area contributed by atoms with Gasteiger partial charge >= 0.3 is 5.69 Å². The van der Waals surface area contributed by atoms with Gasteiger partial charge in [-0.1, -0.05) is 6.07 Å². The summed E-state index contributed by atoms with van der Waals surface area (Å²) in [7, 11) is 1.59. The molecule has 0 bridgehead atoms. The van der Waals surface area contributed by atoms with Crippen LogP contribution >= 0.6 is 0 Å². The van der Waals surface area contributed by atoms with Crippen LogP contribution in [0, 0.1) is 10.1 Å². The number of hydrogen-bond donors (Lipinski definition) is 2. The summed E-state index contributed by atoms with van der Waals surface area (Å²) in [5.41, 5.74) is 3.30. The smallest absolute Gasteiger partial charge is 0.353 e. The van der Waals surface area contributed by atoms with E-state index in [-0.39, 0.29) is 17.3 Å². The average Bonchev–Trinajstić information content (AvgIpc) is 2.94. The van der Waals surface area contributed by atoms with Crippen LogP contribution in [0.15, 0.2) is 24.5 Å². The molecule has 1 aliphatic rings. The number of nitrogens with one attached hydrogen (secondary N) is 2. The highest BCUT2D eigenvalue weighted by Gasteiger charge is 2.22. The van der Waals surface area contributed by atoms with Gasteiger partial charge in [-0.2, -0.15) is 0 Å². The molecular formula is C14H15N5O2. The van der Waals surface area contributed by atoms with Crippen LogP contribution in [-0.2, 0) is 12.8 Å². The second-order valence-corrected chi connectivity index (χ2v) is 4.89. The Bertz CT molecular complexity index is 702. The molecule has 21 heavy (non-hydrogen) atoms. The highest BCUT2D eigenvalue weighted by atomic mass is 16.6. The fraction of sp³-hybridized carbons (Fsp3) is 0.286. The minimum absolute atomic E-state index is 0.152. The first-order chi connectivity index (χ1) is 10.2. The van der Waals surface area contributed by atoms with Crippen LogP contribution in [0.1, 0.15) is 17.5 Å². The number of nitro groups is 1. The van der Waals surface area contributed by atoms with E-state index in [4.69, 9.17) is 0 Å². The van der Waals surface area contributed by atoms with Crippen molar-refractivity contribution in [2.45, 2.75) is 19.3 Å². The lowest BCUT2D eigenvalue weighted by molar-refractivity contribution is -0.383. The lowest BCUT2D eigenvalue weighted by Crippen LogP contribution is -2.05. The maximum Gasteiger partial charge on any atom is 0.353 e. The SMILES string of the molecule is CNc1ncnc(Nc2ccc3c(c2)CCC3)c1[N+](=O)[O-]. The quantitative estimate of drug-likeness (QED) is 0.662. The predicted octanol–water partition coefficient (Wildman–Crippen LogP) is 2.66. The molecule has 0 spiro atoms. The Morgan fingerprint density at radius 3 is 2.71 bits per heavy atom. The molecular weight excluding hydrogens is 270 g/mol. The number of nitrogens with zero attached hydrogens (tertiary/aromatic N) is 3. The van der Waals surface area contributed by atoms with Crippen molar-refractivity contribution in [1.29, 1.82) is 0 Å². The first-order valence-electron chi connectivity index (χ1n) is 6.75. The number of aromatic nitrogens is 2. The average molecular weight is 285 g/mol. The Balaban J connectivity index is 1.96. The van der Waals surface area contributed by atoms with Crippen LogP contribution < -0.4 is 10.6 Å². The molecule has 0 aliphatic heterocycles. The zero-order chi connectivity index (χ0) is 14.8. The number of aryl methyl sites for hydroxylation is 2. The van der Waals surface area contributed by atoms with Gasteiger partial charge in [0.1, 0.15) is 6.33 Å². The third-order valence-corrected chi connectivity index (χ3v) is 3.60. The number of hydrogen-bond acceptors (Lipinski definition) is 6. The predicted molar refractivity (Wildman–Crippen MR) is 80.0 cm³/mol. The van der Waals surface area contributed by atoms with Crippen molar-refractivity contribution >= 4 is 23.0 Å². The summed E-state index contributed by atoms with van der Waals surface area (Å²) in [5.74, 6) is 0.385. The molecule has 2 N–H and O–H groups in total. The van der Waals surface area contributed by atoms with E-state index in [1.165, 1.54) is 17.5 Å². The molecule has 108 valence electrons. The standard InChI is InChI=1S/C14H15N5O2/c1-15-13-12(19(20)21)14(17-8-16-13)18-11-6-5-9-3-2-4-10(9)7-11/h5-8H,2-4H2,1H3,(H2,15,16,17,18). The molecule has 1 heterocycles. The fourth-order valence-corrected chi connectivity index (χ4v) is 2.61. The van der Waals surface area contributed by atoms with Gasteiger partial charge in [0.05, 0.1) is 4.92 Å². The highest BCUT2D eigenvalue weighted by Crippen LogP contribution is 2.32. The molecule has 3 rings (SSSR count). The molecule has 1 aromatic carbocycles. The largest absolute Gasteiger partial charge is 0.367 e. The lowest BCUT2D eigenvalue weighted by Gasteiger charge is -2.09. The number of fused-ring (bicyclic) bond motifs is 1. The van der Waals surface area contributed by atoms with Gasteiger partial charge in [-0.25, -0.2) is 9.97 Å². The van der Waals surface area contributed by atoms with E-state index in [2.05, 4.69) is 26.7 Å². The van der Waals surface area contributed by atoms with E-state index in [9.17, 15) is 10.1 Å². The van der Waals surface area contributed by atoms with Crippen molar-refractivity contribution in [2.24, 2.45) is 0 Å². The first-order valence-corrected chi connectivity index (χ1v) is 6.75. The molecule has 0 unspecified atom stereocenters. The Morgan fingerprint density at radius 1 is 1.19 bits per heavy atom. The van der Waals surface area contributed by atoms with Crippen LogP contribution in [-0.4, -0.2) is 21.9 Å². The third-order valence-electron chi connectivity index (χ3n) is 3.60. The summed E-state index contributed by atoms with van der Waals surface area (Å²) in [6, 6.07) is 6.03. The zero-order valence-electron chi connectivity index (χ0n) is 11.6. The Kier molecular flexibility index (Phi) is 3.39. The zero-order valence-corrected chi connectivity index (χ0v) is 11.6. The minimum atomic E-state index is -0.485. The van der Waals surface area contributed by atoms with Gasteiger partial charge in [0.15, 0.2) is 0 Å². The molecule has 0 atom stereocenters. The third kappa shape index (κ3) is 2.49. The molecule has 2 aromatic rings. The van der Waals surface area contributed by atoms with Gasteiger partial charge in [-0.15, -0.1) is 0 Å². The number of benzene rings is 1. The van der Waals surface area contributed by atoms with Crippen molar-refractivity contribution in [2.75, 3.05) is 17.7 Å². The number of rotatable bonds is 4. The highest BCUT2D eigenvalue weighted by molar-refractivity contribution is 5.73. The Labute approximate surface area is 121 Å². The monoisotopic (exact) mass is 285 g/mol. The van der Waals surface area contributed by atoms with Gasteiger partial charge in [-0.05, 0) is 42.5 Å². The Hall–Kier alpha value is -2.70. The second-order valence-electron chi connectivity index (χ2n) is 4.89. The topological polar surface area (TPSA) is 93.0 Å². The van der Waals surface area contributed by atoms with Gasteiger partial charge < -0.3 is 10.6 Å². The summed E-state index contributed by atoms with van der Waals surface area (Å²) in [6.07, 6.45) is 4.62. The van der Waals surface area contributed by atoms with E-state index in [0.29, 0.717) is 0 Å². The Morgan fingerprint density at radius 2 is 1.95 bits per heavy atom. The lowest BCUT2D eigenvalue weighted by atomic mass is 10.1. The molecule has 0 fully saturated rings. The van der Waals surface area contributed by atoms with Gasteiger partial charge in [-0.3, -0.25) is 10.1 Å². The summed E-state index contributed by atoms with van der Waals surface area (Å²) in [4.78, 5) is 18.6. The van der Waals surface area contributed by atoms with E-state index in [0.717, 1.165) is 24.9 Å². The number of anilines is 3. The maximum absolute atomic E-state index is 11.2. The van der Waals surface area contributed by atoms with E-state index < -0.39 is 4.92 Å². The molecule has 7 heteroatoms. The van der Waals surface area contributed by atoms with Crippen LogP contribution in [0.25, 0.3) is 0 Å². The summed E-state index contributed by atoms with van der Waals surface area (Å²) >= 11 is 0. The molecule has 0 radical (unpaired) electrons. The van der Waals surface area contributed by atoms with Crippen molar-refractivity contribution in [3.8, 4) is 0 Å². The van der Waals surface area contributed by atoms with Crippen LogP contribution in [0.5, 0.6) is 0 Å². The molecule has 1 aliphatic carbocycles. The summed E-state index contributed by atoms with van der Waals surface area (Å²) in [6.45, 7) is 0. The van der Waals surface area contributed by atoms with Crippen molar-refractivity contribution in [1.82, 2.24) is 9.97 Å². The van der Waals surface area contributed by atoms with Gasteiger partial charge in [0.25, 0.3) is 0 Å². The van der Waals surface area contributed by atoms with Crippen molar-refractivity contribution in [3.05, 3.63) is 45.8 Å². The summed E-state index contributed by atoms with van der Waals surface area (Å²) < 4.78 is 0. The molecule has 1 aromatic heterocycles. The van der Waals surface area contributed by atoms with Crippen LogP contribution in [0.2, 0.25) is 0 Å². The maximum atomic E-state index is 11.2. The molecule has 0 saturated carbocycles. The summed E-state index contributed by atoms with van der Waals surface area (Å²) in [5, 5.41) is 17.0. The van der Waals surface area contributed by atoms with E-state index in [1.54, 1.807) is 7.05 Å².